The van der Waals surface area contributed by atoms with Crippen molar-refractivity contribution in [2.75, 3.05) is 18.9 Å². The van der Waals surface area contributed by atoms with E-state index in [9.17, 15) is 4.79 Å². The molecule has 0 fully saturated rings. The van der Waals surface area contributed by atoms with Crippen molar-refractivity contribution in [3.63, 3.8) is 0 Å². The Morgan fingerprint density at radius 1 is 1.00 bits per heavy atom. The first kappa shape index (κ1) is 18.9. The minimum atomic E-state index is -0.0163. The van der Waals surface area contributed by atoms with E-state index in [2.05, 4.69) is 6.92 Å². The number of Topliss-reactive ketones (excluding diaryl/α,β-unsaturated/α-hetero) is 1. The molecule has 0 aliphatic rings. The standard InChI is InChI=1S/C22H27NO2/c1-2-3-4-8-15-25-17-20(16-18-9-6-5-7-10-18)22(24)19-11-13-21(23)14-12-19/h5-7,9-14,16H,2-4,8,15,17,23H2,1H3. The molecule has 2 aromatic rings. The lowest BCUT2D eigenvalue weighted by molar-refractivity contribution is 0.0982. The molecule has 25 heavy (non-hydrogen) atoms. The van der Waals surface area contributed by atoms with Crippen LogP contribution in [0.3, 0.4) is 0 Å². The fourth-order valence-corrected chi connectivity index (χ4v) is 2.56. The molecule has 0 saturated carbocycles. The first-order valence-corrected chi connectivity index (χ1v) is 8.94. The molecule has 2 rings (SSSR count). The predicted octanol–water partition coefficient (Wildman–Crippen LogP) is 5.13. The Labute approximate surface area is 150 Å². The highest BCUT2D eigenvalue weighted by Gasteiger charge is 2.13. The SMILES string of the molecule is CCCCCCOCC(=Cc1ccccc1)C(=O)c1ccc(N)cc1. The second kappa shape index (κ2) is 10.5. The second-order valence-corrected chi connectivity index (χ2v) is 6.14. The lowest BCUT2D eigenvalue weighted by Crippen LogP contribution is -2.10. The van der Waals surface area contributed by atoms with Crippen LogP contribution in [0, 0.1) is 0 Å². The number of nitrogens with two attached hydrogens (primary N) is 1. The van der Waals surface area contributed by atoms with E-state index in [1.54, 1.807) is 24.3 Å². The molecular formula is C22H27NO2. The molecule has 0 aromatic heterocycles. The van der Waals surface area contributed by atoms with Crippen LogP contribution < -0.4 is 5.73 Å². The minimum Gasteiger partial charge on any atom is -0.399 e. The number of ketones is 1. The highest BCUT2D eigenvalue weighted by atomic mass is 16.5. The van der Waals surface area contributed by atoms with Crippen molar-refractivity contribution in [2.45, 2.75) is 32.6 Å². The van der Waals surface area contributed by atoms with E-state index in [-0.39, 0.29) is 5.78 Å². The number of anilines is 1. The van der Waals surface area contributed by atoms with Crippen molar-refractivity contribution in [1.29, 1.82) is 0 Å². The number of ether oxygens (including phenoxy) is 1. The predicted molar refractivity (Wildman–Crippen MR) is 105 cm³/mol. The summed E-state index contributed by atoms with van der Waals surface area (Å²) in [6.07, 6.45) is 6.53. The number of benzene rings is 2. The molecule has 0 unspecified atom stereocenters. The zero-order valence-corrected chi connectivity index (χ0v) is 14.9. The number of rotatable bonds is 10. The Morgan fingerprint density at radius 2 is 1.72 bits per heavy atom. The average Bonchev–Trinajstić information content (AvgIpc) is 2.64. The zero-order valence-electron chi connectivity index (χ0n) is 14.9. The lowest BCUT2D eigenvalue weighted by atomic mass is 10.0. The van der Waals surface area contributed by atoms with Crippen LogP contribution >= 0.6 is 0 Å². The van der Waals surface area contributed by atoms with Crippen LogP contribution in [0.4, 0.5) is 5.69 Å². The molecule has 0 aliphatic carbocycles. The Hall–Kier alpha value is -2.39. The van der Waals surface area contributed by atoms with E-state index in [1.165, 1.54) is 19.3 Å². The number of hydrogen-bond acceptors (Lipinski definition) is 3. The summed E-state index contributed by atoms with van der Waals surface area (Å²) in [4.78, 5) is 12.8. The number of carbonyl (C=O) groups is 1. The van der Waals surface area contributed by atoms with Crippen molar-refractivity contribution in [3.8, 4) is 0 Å². The van der Waals surface area contributed by atoms with Gasteiger partial charge in [0.1, 0.15) is 0 Å². The van der Waals surface area contributed by atoms with Crippen LogP contribution in [0.15, 0.2) is 60.2 Å². The third kappa shape index (κ3) is 6.55. The van der Waals surface area contributed by atoms with Gasteiger partial charge in [-0.05, 0) is 42.3 Å². The van der Waals surface area contributed by atoms with Crippen LogP contribution in [0.5, 0.6) is 0 Å². The molecule has 0 heterocycles. The number of carbonyl (C=O) groups excluding carboxylic acids is 1. The van der Waals surface area contributed by atoms with Crippen molar-refractivity contribution < 1.29 is 9.53 Å². The highest BCUT2D eigenvalue weighted by Crippen LogP contribution is 2.15. The zero-order chi connectivity index (χ0) is 17.9. The molecule has 3 nitrogen and oxygen atoms in total. The molecule has 0 atom stereocenters. The van der Waals surface area contributed by atoms with Crippen LogP contribution in [0.2, 0.25) is 0 Å². The number of nitrogen functional groups attached to an aromatic ring is 1. The Kier molecular flexibility index (Phi) is 7.93. The van der Waals surface area contributed by atoms with Gasteiger partial charge in [-0.3, -0.25) is 4.79 Å². The molecular weight excluding hydrogens is 310 g/mol. The fraction of sp³-hybridized carbons (Fsp3) is 0.318. The summed E-state index contributed by atoms with van der Waals surface area (Å²) in [6.45, 7) is 3.19. The van der Waals surface area contributed by atoms with Gasteiger partial charge in [0.25, 0.3) is 0 Å². The Bertz CT molecular complexity index is 675. The van der Waals surface area contributed by atoms with Gasteiger partial charge in [-0.15, -0.1) is 0 Å². The lowest BCUT2D eigenvalue weighted by Gasteiger charge is -2.09. The van der Waals surface area contributed by atoms with Crippen molar-refractivity contribution in [3.05, 3.63) is 71.3 Å². The molecule has 0 amide bonds. The maximum absolute atomic E-state index is 12.8. The monoisotopic (exact) mass is 337 g/mol. The summed E-state index contributed by atoms with van der Waals surface area (Å²) in [5.41, 5.74) is 8.65. The first-order chi connectivity index (χ1) is 12.2. The second-order valence-electron chi connectivity index (χ2n) is 6.14. The normalized spacial score (nSPS) is 11.5. The summed E-state index contributed by atoms with van der Waals surface area (Å²) >= 11 is 0. The third-order valence-electron chi connectivity index (χ3n) is 4.00. The molecule has 0 radical (unpaired) electrons. The van der Waals surface area contributed by atoms with Gasteiger partial charge in [0.15, 0.2) is 5.78 Å². The molecule has 3 heteroatoms. The van der Waals surface area contributed by atoms with Gasteiger partial charge in [-0.25, -0.2) is 0 Å². The molecule has 0 saturated heterocycles. The molecule has 0 bridgehead atoms. The van der Waals surface area contributed by atoms with E-state index < -0.39 is 0 Å². The van der Waals surface area contributed by atoms with E-state index in [0.717, 1.165) is 12.0 Å². The Balaban J connectivity index is 2.07. The largest absolute Gasteiger partial charge is 0.399 e. The van der Waals surface area contributed by atoms with Gasteiger partial charge in [0.05, 0.1) is 6.61 Å². The Morgan fingerprint density at radius 3 is 2.40 bits per heavy atom. The summed E-state index contributed by atoms with van der Waals surface area (Å²) < 4.78 is 5.77. The maximum atomic E-state index is 12.8. The van der Waals surface area contributed by atoms with Crippen LogP contribution in [-0.2, 0) is 4.74 Å². The first-order valence-electron chi connectivity index (χ1n) is 8.94. The molecule has 0 spiro atoms. The summed E-state index contributed by atoms with van der Waals surface area (Å²) in [5, 5.41) is 0. The smallest absolute Gasteiger partial charge is 0.191 e. The van der Waals surface area contributed by atoms with Gasteiger partial charge < -0.3 is 10.5 Å². The van der Waals surface area contributed by atoms with Gasteiger partial charge in [0, 0.05) is 23.4 Å². The topological polar surface area (TPSA) is 52.3 Å². The molecule has 2 N–H and O–H groups in total. The maximum Gasteiger partial charge on any atom is 0.191 e. The van der Waals surface area contributed by atoms with E-state index in [1.807, 2.05) is 36.4 Å². The summed E-state index contributed by atoms with van der Waals surface area (Å²) in [5.74, 6) is -0.0163. The summed E-state index contributed by atoms with van der Waals surface area (Å²) in [7, 11) is 0. The summed E-state index contributed by atoms with van der Waals surface area (Å²) in [6, 6.07) is 16.9. The van der Waals surface area contributed by atoms with Crippen LogP contribution in [0.1, 0.15) is 48.5 Å². The van der Waals surface area contributed by atoms with Crippen molar-refractivity contribution in [1.82, 2.24) is 0 Å². The van der Waals surface area contributed by atoms with E-state index >= 15 is 0 Å². The van der Waals surface area contributed by atoms with Gasteiger partial charge >= 0.3 is 0 Å². The molecule has 2 aromatic carbocycles. The van der Waals surface area contributed by atoms with Crippen molar-refractivity contribution in [2.24, 2.45) is 0 Å². The van der Waals surface area contributed by atoms with Gasteiger partial charge in [-0.2, -0.15) is 0 Å². The van der Waals surface area contributed by atoms with Gasteiger partial charge in [0.2, 0.25) is 0 Å². The molecule has 132 valence electrons. The van der Waals surface area contributed by atoms with Gasteiger partial charge in [-0.1, -0.05) is 56.5 Å². The molecule has 0 aliphatic heterocycles. The minimum absolute atomic E-state index is 0.0163. The number of hydrogen-bond donors (Lipinski definition) is 1. The van der Waals surface area contributed by atoms with Crippen molar-refractivity contribution >= 4 is 17.5 Å². The highest BCUT2D eigenvalue weighted by molar-refractivity contribution is 6.11. The van der Waals surface area contributed by atoms with E-state index in [4.69, 9.17) is 10.5 Å². The third-order valence-corrected chi connectivity index (χ3v) is 4.00. The quantitative estimate of drug-likeness (QED) is 0.283. The van der Waals surface area contributed by atoms with E-state index in [0.29, 0.717) is 30.0 Å². The van der Waals surface area contributed by atoms with Crippen LogP contribution in [0.25, 0.3) is 6.08 Å². The average molecular weight is 337 g/mol. The fourth-order valence-electron chi connectivity index (χ4n) is 2.56. The number of unbranched alkanes of at least 4 members (excludes halogenated alkanes) is 3. The van der Waals surface area contributed by atoms with Crippen LogP contribution in [-0.4, -0.2) is 19.0 Å².